The molecule has 0 aliphatic rings. The second kappa shape index (κ2) is 7.26. The third kappa shape index (κ3) is 4.17. The van der Waals surface area contributed by atoms with Crippen LogP contribution in [0.4, 0.5) is 11.4 Å². The lowest BCUT2D eigenvalue weighted by Crippen LogP contribution is -2.40. The van der Waals surface area contributed by atoms with Crippen LogP contribution in [0.5, 0.6) is 0 Å². The monoisotopic (exact) mass is 363 g/mol. The summed E-state index contributed by atoms with van der Waals surface area (Å²) in [7, 11) is -1.71. The Labute approximate surface area is 158 Å². The average Bonchev–Trinajstić information content (AvgIpc) is 2.60. The van der Waals surface area contributed by atoms with Crippen LogP contribution >= 0.6 is 0 Å². The minimum absolute atomic E-state index is 0.239. The molecule has 3 aromatic carbocycles. The molecule has 1 N–H and O–H groups in total. The molecule has 0 unspecified atom stereocenters. The van der Waals surface area contributed by atoms with Crippen LogP contribution in [0, 0.1) is 0 Å². The smallest absolute Gasteiger partial charge is 0.192 e. The number of fused-ring (bicyclic) bond motifs is 1. The summed E-state index contributed by atoms with van der Waals surface area (Å²) in [6.07, 6.45) is 0. The molecule has 3 rings (SSSR count). The van der Waals surface area contributed by atoms with Crippen LogP contribution in [0.3, 0.4) is 0 Å². The van der Waals surface area contributed by atoms with Crippen LogP contribution in [0.25, 0.3) is 10.8 Å². The highest BCUT2D eigenvalue weighted by Crippen LogP contribution is 2.37. The van der Waals surface area contributed by atoms with Crippen molar-refractivity contribution < 1.29 is 4.43 Å². The van der Waals surface area contributed by atoms with E-state index in [1.807, 2.05) is 0 Å². The van der Waals surface area contributed by atoms with Crippen molar-refractivity contribution in [3.8, 4) is 0 Å². The zero-order valence-electron chi connectivity index (χ0n) is 16.5. The largest absolute Gasteiger partial charge is 0.413 e. The average molecular weight is 364 g/mol. The zero-order chi connectivity index (χ0) is 18.8. The van der Waals surface area contributed by atoms with Gasteiger partial charge in [0.1, 0.15) is 0 Å². The first kappa shape index (κ1) is 18.7. The molecule has 0 radical (unpaired) electrons. The van der Waals surface area contributed by atoms with E-state index in [0.29, 0.717) is 6.61 Å². The summed E-state index contributed by atoms with van der Waals surface area (Å²) in [4.78, 5) is 0. The molecule has 0 saturated carbocycles. The molecule has 26 heavy (non-hydrogen) atoms. The molecule has 0 aliphatic carbocycles. The molecule has 0 atom stereocenters. The Morgan fingerprint density at radius 2 is 1.50 bits per heavy atom. The van der Waals surface area contributed by atoms with Gasteiger partial charge in [-0.15, -0.1) is 0 Å². The van der Waals surface area contributed by atoms with Crippen LogP contribution in [0.2, 0.25) is 18.1 Å². The number of benzene rings is 3. The lowest BCUT2D eigenvalue weighted by Gasteiger charge is -2.36. The van der Waals surface area contributed by atoms with Crippen molar-refractivity contribution in [2.45, 2.75) is 45.5 Å². The summed E-state index contributed by atoms with van der Waals surface area (Å²) in [5.74, 6) is 0. The Morgan fingerprint density at radius 3 is 2.19 bits per heavy atom. The van der Waals surface area contributed by atoms with Crippen LogP contribution in [0.1, 0.15) is 26.3 Å². The highest BCUT2D eigenvalue weighted by Gasteiger charge is 2.36. The summed E-state index contributed by atoms with van der Waals surface area (Å²) in [6, 6.07) is 23.4. The minimum Gasteiger partial charge on any atom is -0.413 e. The SMILES string of the molecule is CC(C)(C)[Si](C)(C)OCc1ccc(Nc2cccc3ccccc23)cc1. The second-order valence-electron chi connectivity index (χ2n) is 8.40. The van der Waals surface area contributed by atoms with Crippen molar-refractivity contribution in [1.29, 1.82) is 0 Å². The van der Waals surface area contributed by atoms with E-state index in [2.05, 4.69) is 106 Å². The van der Waals surface area contributed by atoms with Crippen molar-refractivity contribution in [2.24, 2.45) is 0 Å². The third-order valence-corrected chi connectivity index (χ3v) is 9.91. The molecule has 0 heterocycles. The van der Waals surface area contributed by atoms with Crippen molar-refractivity contribution in [3.63, 3.8) is 0 Å². The van der Waals surface area contributed by atoms with Crippen molar-refractivity contribution in [3.05, 3.63) is 72.3 Å². The van der Waals surface area contributed by atoms with Crippen LogP contribution < -0.4 is 5.32 Å². The van der Waals surface area contributed by atoms with Gasteiger partial charge >= 0.3 is 0 Å². The summed E-state index contributed by atoms with van der Waals surface area (Å²) in [6.45, 7) is 12.1. The summed E-state index contributed by atoms with van der Waals surface area (Å²) < 4.78 is 6.31. The van der Waals surface area contributed by atoms with E-state index in [9.17, 15) is 0 Å². The predicted octanol–water partition coefficient (Wildman–Crippen LogP) is 7.11. The van der Waals surface area contributed by atoms with E-state index >= 15 is 0 Å². The first-order chi connectivity index (χ1) is 12.3. The Bertz CT molecular complexity index is 873. The van der Waals surface area contributed by atoms with Gasteiger partial charge in [0.2, 0.25) is 0 Å². The standard InChI is InChI=1S/C23H29NOSi/c1-23(2,3)26(4,5)25-17-18-13-15-20(16-14-18)24-22-12-8-10-19-9-6-7-11-21(19)22/h6-16,24H,17H2,1-5H3. The van der Waals surface area contributed by atoms with Crippen LogP contribution in [0.15, 0.2) is 66.7 Å². The van der Waals surface area contributed by atoms with E-state index in [1.54, 1.807) is 0 Å². The summed E-state index contributed by atoms with van der Waals surface area (Å²) >= 11 is 0. The number of rotatable bonds is 5. The first-order valence-corrected chi connectivity index (χ1v) is 12.1. The Balaban J connectivity index is 1.70. The van der Waals surface area contributed by atoms with E-state index < -0.39 is 8.32 Å². The quantitative estimate of drug-likeness (QED) is 0.488. The van der Waals surface area contributed by atoms with Crippen LogP contribution in [-0.4, -0.2) is 8.32 Å². The molecule has 0 aliphatic heterocycles. The topological polar surface area (TPSA) is 21.3 Å². The van der Waals surface area contributed by atoms with E-state index in [0.717, 1.165) is 11.4 Å². The molecule has 0 amide bonds. The predicted molar refractivity (Wildman–Crippen MR) is 116 cm³/mol. The van der Waals surface area contributed by atoms with Gasteiger partial charge in [0.25, 0.3) is 0 Å². The van der Waals surface area contributed by atoms with Crippen molar-refractivity contribution in [1.82, 2.24) is 0 Å². The Hall–Kier alpha value is -2.10. The highest BCUT2D eigenvalue weighted by atomic mass is 28.4. The van der Waals surface area contributed by atoms with Gasteiger partial charge in [-0.25, -0.2) is 0 Å². The maximum Gasteiger partial charge on any atom is 0.192 e. The van der Waals surface area contributed by atoms with Gasteiger partial charge in [-0.2, -0.15) is 0 Å². The van der Waals surface area contributed by atoms with Gasteiger partial charge in [0, 0.05) is 16.8 Å². The van der Waals surface area contributed by atoms with Gasteiger partial charge in [-0.1, -0.05) is 69.3 Å². The van der Waals surface area contributed by atoms with Gasteiger partial charge in [-0.05, 0) is 47.3 Å². The number of hydrogen-bond acceptors (Lipinski definition) is 2. The molecular formula is C23H29NOSi. The van der Waals surface area contributed by atoms with Gasteiger partial charge in [0.15, 0.2) is 8.32 Å². The number of anilines is 2. The zero-order valence-corrected chi connectivity index (χ0v) is 17.5. The Kier molecular flexibility index (Phi) is 5.21. The molecule has 136 valence electrons. The molecule has 0 spiro atoms. The molecular weight excluding hydrogens is 334 g/mol. The maximum atomic E-state index is 6.31. The van der Waals surface area contributed by atoms with Crippen LogP contribution in [-0.2, 0) is 11.0 Å². The highest BCUT2D eigenvalue weighted by molar-refractivity contribution is 6.74. The lowest BCUT2D eigenvalue weighted by atomic mass is 10.1. The molecule has 0 bridgehead atoms. The summed E-state index contributed by atoms with van der Waals surface area (Å²) in [5.41, 5.74) is 3.45. The first-order valence-electron chi connectivity index (χ1n) is 9.24. The second-order valence-corrected chi connectivity index (χ2v) is 13.2. The lowest BCUT2D eigenvalue weighted by molar-refractivity contribution is 0.276. The summed E-state index contributed by atoms with van der Waals surface area (Å²) in [5, 5.41) is 6.26. The van der Waals surface area contributed by atoms with E-state index in [1.165, 1.54) is 16.3 Å². The van der Waals surface area contributed by atoms with Gasteiger partial charge in [0.05, 0.1) is 6.61 Å². The van der Waals surface area contributed by atoms with Gasteiger partial charge in [-0.3, -0.25) is 0 Å². The molecule has 3 aromatic rings. The van der Waals surface area contributed by atoms with E-state index in [4.69, 9.17) is 4.43 Å². The third-order valence-electron chi connectivity index (χ3n) is 5.43. The Morgan fingerprint density at radius 1 is 0.846 bits per heavy atom. The van der Waals surface area contributed by atoms with Crippen molar-refractivity contribution >= 4 is 30.5 Å². The number of hydrogen-bond donors (Lipinski definition) is 1. The minimum atomic E-state index is -1.71. The van der Waals surface area contributed by atoms with E-state index in [-0.39, 0.29) is 5.04 Å². The molecule has 3 heteroatoms. The van der Waals surface area contributed by atoms with Crippen molar-refractivity contribution in [2.75, 3.05) is 5.32 Å². The number of nitrogens with one attached hydrogen (secondary N) is 1. The molecule has 0 aromatic heterocycles. The maximum absolute atomic E-state index is 6.31. The fourth-order valence-corrected chi connectivity index (χ4v) is 3.62. The molecule has 0 saturated heterocycles. The normalized spacial score (nSPS) is 12.3. The molecule has 0 fully saturated rings. The fourth-order valence-electron chi connectivity index (χ4n) is 2.65. The fraction of sp³-hybridized carbons (Fsp3) is 0.304. The van der Waals surface area contributed by atoms with Gasteiger partial charge < -0.3 is 9.74 Å². The molecule has 2 nitrogen and oxygen atoms in total.